The molecule has 0 aliphatic heterocycles. The Morgan fingerprint density at radius 3 is 2.24 bits per heavy atom. The van der Waals surface area contributed by atoms with Gasteiger partial charge in [-0.15, -0.1) is 0 Å². The molecule has 0 fully saturated rings. The summed E-state index contributed by atoms with van der Waals surface area (Å²) in [4.78, 5) is 11.9. The van der Waals surface area contributed by atoms with Gasteiger partial charge in [-0.2, -0.15) is 0 Å². The van der Waals surface area contributed by atoms with Crippen molar-refractivity contribution in [1.82, 2.24) is 0 Å². The maximum absolute atomic E-state index is 11.9. The lowest BCUT2D eigenvalue weighted by Gasteiger charge is -2.28. The first kappa shape index (κ1) is 11.7. The number of allylic oxidation sites excluding steroid dienone is 2. The maximum atomic E-state index is 11.9. The summed E-state index contributed by atoms with van der Waals surface area (Å²) in [6, 6.07) is 3.64. The average molecular weight is 232 g/mol. The van der Waals surface area contributed by atoms with Gasteiger partial charge in [0.2, 0.25) is 0 Å². The summed E-state index contributed by atoms with van der Waals surface area (Å²) in [5.41, 5.74) is 1.50. The first-order valence-electron chi connectivity index (χ1n) is 5.49. The summed E-state index contributed by atoms with van der Waals surface area (Å²) in [6.07, 6.45) is 3.54. The molecule has 0 spiro atoms. The minimum Gasteiger partial charge on any atom is -0.493 e. The van der Waals surface area contributed by atoms with E-state index in [9.17, 15) is 4.79 Å². The number of hydrogen-bond acceptors (Lipinski definition) is 3. The number of methoxy groups -OCH3 is 2. The molecule has 0 radical (unpaired) electrons. The molecule has 17 heavy (non-hydrogen) atoms. The van der Waals surface area contributed by atoms with E-state index in [0.29, 0.717) is 17.1 Å². The van der Waals surface area contributed by atoms with Gasteiger partial charge in [-0.05, 0) is 23.8 Å². The molecular formula is C14H16O3. The molecule has 3 heteroatoms. The molecule has 0 saturated carbocycles. The molecule has 0 heterocycles. The van der Waals surface area contributed by atoms with Crippen molar-refractivity contribution in [2.75, 3.05) is 14.2 Å². The van der Waals surface area contributed by atoms with Gasteiger partial charge in [-0.1, -0.05) is 19.9 Å². The van der Waals surface area contributed by atoms with Crippen LogP contribution in [-0.2, 0) is 5.41 Å². The van der Waals surface area contributed by atoms with Crippen LogP contribution in [0.4, 0.5) is 0 Å². The third kappa shape index (κ3) is 1.82. The SMILES string of the molecule is COc1cc2c(cc1OC)C(C)(C)C=CC2=O. The zero-order chi connectivity index (χ0) is 12.6. The molecule has 0 aromatic heterocycles. The van der Waals surface area contributed by atoms with Crippen LogP contribution in [0.5, 0.6) is 11.5 Å². The molecule has 0 bridgehead atoms. The Balaban J connectivity index is 2.68. The molecule has 0 atom stereocenters. The molecule has 2 rings (SSSR count). The largest absolute Gasteiger partial charge is 0.493 e. The fraction of sp³-hybridized carbons (Fsp3) is 0.357. The molecule has 1 aliphatic carbocycles. The van der Waals surface area contributed by atoms with Gasteiger partial charge in [0.25, 0.3) is 0 Å². The third-order valence-corrected chi connectivity index (χ3v) is 3.13. The second kappa shape index (κ2) is 3.91. The highest BCUT2D eigenvalue weighted by Gasteiger charge is 2.29. The van der Waals surface area contributed by atoms with Crippen LogP contribution >= 0.6 is 0 Å². The van der Waals surface area contributed by atoms with Crippen LogP contribution in [0, 0.1) is 0 Å². The van der Waals surface area contributed by atoms with Gasteiger partial charge in [0.05, 0.1) is 14.2 Å². The summed E-state index contributed by atoms with van der Waals surface area (Å²) in [5, 5.41) is 0. The number of carbonyl (C=O) groups excluding carboxylic acids is 1. The average Bonchev–Trinajstić information content (AvgIpc) is 2.33. The van der Waals surface area contributed by atoms with Gasteiger partial charge in [0, 0.05) is 11.0 Å². The van der Waals surface area contributed by atoms with Crippen LogP contribution < -0.4 is 9.47 Å². The van der Waals surface area contributed by atoms with Crippen LogP contribution in [0.15, 0.2) is 24.3 Å². The molecule has 0 saturated heterocycles. The lowest BCUT2D eigenvalue weighted by Crippen LogP contribution is -2.22. The highest BCUT2D eigenvalue weighted by atomic mass is 16.5. The van der Waals surface area contributed by atoms with Crippen molar-refractivity contribution in [3.63, 3.8) is 0 Å². The van der Waals surface area contributed by atoms with Gasteiger partial charge < -0.3 is 9.47 Å². The van der Waals surface area contributed by atoms with E-state index in [0.717, 1.165) is 5.56 Å². The van der Waals surface area contributed by atoms with Gasteiger partial charge in [0.15, 0.2) is 17.3 Å². The maximum Gasteiger partial charge on any atom is 0.185 e. The summed E-state index contributed by atoms with van der Waals surface area (Å²) in [6.45, 7) is 4.14. The molecule has 0 unspecified atom stereocenters. The van der Waals surface area contributed by atoms with Crippen LogP contribution in [0.3, 0.4) is 0 Å². The van der Waals surface area contributed by atoms with E-state index in [4.69, 9.17) is 9.47 Å². The number of benzene rings is 1. The van der Waals surface area contributed by atoms with Crippen molar-refractivity contribution < 1.29 is 14.3 Å². The Kier molecular flexibility index (Phi) is 2.69. The fourth-order valence-electron chi connectivity index (χ4n) is 2.08. The minimum atomic E-state index is -0.164. The quantitative estimate of drug-likeness (QED) is 0.786. The summed E-state index contributed by atoms with van der Waals surface area (Å²) in [5.74, 6) is 1.26. The smallest absolute Gasteiger partial charge is 0.185 e. The number of carbonyl (C=O) groups is 1. The van der Waals surface area contributed by atoms with E-state index >= 15 is 0 Å². The Labute approximate surface area is 101 Å². The van der Waals surface area contributed by atoms with Crippen molar-refractivity contribution in [2.45, 2.75) is 19.3 Å². The van der Waals surface area contributed by atoms with E-state index in [2.05, 4.69) is 13.8 Å². The second-order valence-corrected chi connectivity index (χ2v) is 4.67. The second-order valence-electron chi connectivity index (χ2n) is 4.67. The minimum absolute atomic E-state index is 0.0141. The van der Waals surface area contributed by atoms with E-state index in [1.807, 2.05) is 12.1 Å². The van der Waals surface area contributed by atoms with Crippen molar-refractivity contribution in [1.29, 1.82) is 0 Å². The van der Waals surface area contributed by atoms with E-state index < -0.39 is 0 Å². The molecule has 1 aromatic rings. The van der Waals surface area contributed by atoms with Crippen molar-refractivity contribution in [3.8, 4) is 11.5 Å². The van der Waals surface area contributed by atoms with Crippen molar-refractivity contribution >= 4 is 5.78 Å². The number of hydrogen-bond donors (Lipinski definition) is 0. The Bertz CT molecular complexity index is 498. The number of ketones is 1. The molecule has 90 valence electrons. The topological polar surface area (TPSA) is 35.5 Å². The highest BCUT2D eigenvalue weighted by Crippen LogP contribution is 2.39. The Morgan fingerprint density at radius 1 is 1.06 bits per heavy atom. The van der Waals surface area contributed by atoms with Crippen LogP contribution in [-0.4, -0.2) is 20.0 Å². The zero-order valence-electron chi connectivity index (χ0n) is 10.5. The molecular weight excluding hydrogens is 216 g/mol. The van der Waals surface area contributed by atoms with Crippen molar-refractivity contribution in [3.05, 3.63) is 35.4 Å². The predicted molar refractivity (Wildman–Crippen MR) is 66.0 cm³/mol. The van der Waals surface area contributed by atoms with E-state index in [-0.39, 0.29) is 11.2 Å². The Hall–Kier alpha value is -1.77. The lowest BCUT2D eigenvalue weighted by atomic mass is 9.76. The third-order valence-electron chi connectivity index (χ3n) is 3.13. The van der Waals surface area contributed by atoms with Crippen LogP contribution in [0.2, 0.25) is 0 Å². The number of ether oxygens (including phenoxy) is 2. The first-order chi connectivity index (χ1) is 7.99. The molecule has 0 N–H and O–H groups in total. The van der Waals surface area contributed by atoms with Gasteiger partial charge in [-0.25, -0.2) is 0 Å². The predicted octanol–water partition coefficient (Wildman–Crippen LogP) is 2.73. The highest BCUT2D eigenvalue weighted by molar-refractivity contribution is 6.07. The lowest BCUT2D eigenvalue weighted by molar-refractivity contribution is 0.104. The van der Waals surface area contributed by atoms with Crippen LogP contribution in [0.25, 0.3) is 0 Å². The molecule has 0 amide bonds. The summed E-state index contributed by atoms with van der Waals surface area (Å²) >= 11 is 0. The molecule has 3 nitrogen and oxygen atoms in total. The van der Waals surface area contributed by atoms with Crippen LogP contribution in [0.1, 0.15) is 29.8 Å². The fourth-order valence-corrected chi connectivity index (χ4v) is 2.08. The van der Waals surface area contributed by atoms with Crippen molar-refractivity contribution in [2.24, 2.45) is 0 Å². The number of rotatable bonds is 2. The summed E-state index contributed by atoms with van der Waals surface area (Å²) in [7, 11) is 3.16. The van der Waals surface area contributed by atoms with Gasteiger partial charge in [0.1, 0.15) is 0 Å². The normalized spacial score (nSPS) is 16.6. The number of fused-ring (bicyclic) bond motifs is 1. The van der Waals surface area contributed by atoms with E-state index in [1.54, 1.807) is 26.4 Å². The standard InChI is InChI=1S/C14H16O3/c1-14(2)6-5-11(15)9-7-12(16-3)13(17-4)8-10(9)14/h5-8H,1-4H3. The molecule has 1 aromatic carbocycles. The zero-order valence-corrected chi connectivity index (χ0v) is 10.5. The monoisotopic (exact) mass is 232 g/mol. The van der Waals surface area contributed by atoms with Gasteiger partial charge in [-0.3, -0.25) is 4.79 Å². The molecule has 1 aliphatic rings. The van der Waals surface area contributed by atoms with Gasteiger partial charge >= 0.3 is 0 Å². The first-order valence-corrected chi connectivity index (χ1v) is 5.49. The Morgan fingerprint density at radius 2 is 1.65 bits per heavy atom. The summed E-state index contributed by atoms with van der Waals surface area (Å²) < 4.78 is 10.5. The van der Waals surface area contributed by atoms with E-state index in [1.165, 1.54) is 0 Å².